The van der Waals surface area contributed by atoms with Gasteiger partial charge in [-0.3, -0.25) is 4.79 Å². The Labute approximate surface area is 200 Å². The second-order valence-corrected chi connectivity index (χ2v) is 8.96. The van der Waals surface area contributed by atoms with E-state index >= 15 is 0 Å². The van der Waals surface area contributed by atoms with Crippen molar-refractivity contribution in [3.63, 3.8) is 0 Å². The van der Waals surface area contributed by atoms with Gasteiger partial charge in [0.05, 0.1) is 55.5 Å². The molecule has 0 fully saturated rings. The first-order chi connectivity index (χ1) is 15.8. The van der Waals surface area contributed by atoms with Crippen LogP contribution in [0.3, 0.4) is 0 Å². The predicted molar refractivity (Wildman–Crippen MR) is 131 cm³/mol. The first-order valence-electron chi connectivity index (χ1n) is 11.0. The summed E-state index contributed by atoms with van der Waals surface area (Å²) in [6, 6.07) is 11.5. The van der Waals surface area contributed by atoms with Gasteiger partial charge in [-0.2, -0.15) is 0 Å². The molecule has 0 aliphatic carbocycles. The summed E-state index contributed by atoms with van der Waals surface area (Å²) < 4.78 is 10.7. The lowest BCUT2D eigenvalue weighted by Gasteiger charge is -2.37. The summed E-state index contributed by atoms with van der Waals surface area (Å²) in [6.45, 7) is 3.88. The molecule has 1 N–H and O–H groups in total. The number of halogens is 1. The van der Waals surface area contributed by atoms with Crippen molar-refractivity contribution >= 4 is 23.1 Å². The van der Waals surface area contributed by atoms with Crippen LogP contribution in [0.2, 0.25) is 5.02 Å². The van der Waals surface area contributed by atoms with E-state index < -0.39 is 0 Å². The van der Waals surface area contributed by atoms with Crippen molar-refractivity contribution in [2.45, 2.75) is 19.4 Å². The number of Topliss-reactive ketones (excluding diaryl/α,β-unsaturated/α-hetero) is 1. The van der Waals surface area contributed by atoms with E-state index in [4.69, 9.17) is 21.1 Å². The van der Waals surface area contributed by atoms with Gasteiger partial charge in [0.25, 0.3) is 0 Å². The van der Waals surface area contributed by atoms with Gasteiger partial charge < -0.3 is 24.7 Å². The highest BCUT2D eigenvalue weighted by Gasteiger charge is 2.37. The molecule has 4 rings (SSSR count). The van der Waals surface area contributed by atoms with Gasteiger partial charge in [-0.1, -0.05) is 17.7 Å². The normalized spacial score (nSPS) is 18.4. The van der Waals surface area contributed by atoms with Crippen LogP contribution in [0, 0.1) is 6.92 Å². The van der Waals surface area contributed by atoms with E-state index in [2.05, 4.69) is 40.4 Å². The van der Waals surface area contributed by atoms with E-state index in [1.165, 1.54) is 11.4 Å². The Hall–Kier alpha value is -2.90. The quantitative estimate of drug-likeness (QED) is 0.613. The van der Waals surface area contributed by atoms with Crippen LogP contribution in [0.4, 0.5) is 5.69 Å². The van der Waals surface area contributed by atoms with Crippen LogP contribution in [0.5, 0.6) is 11.5 Å². The summed E-state index contributed by atoms with van der Waals surface area (Å²) >= 11 is 6.49. The number of likely N-dealkylation sites (N-methyl/N-ethyl adjacent to an activating group) is 2. The number of nitrogens with one attached hydrogen (secondary N) is 1. The number of hydrogen-bond acceptors (Lipinski definition) is 7. The SMILES string of the molecule is COc1ccc(C(=O)CN2CCC(Nc3ccc(C)cc3Cl)C3=C2CN(C)N3C)cc1OC. The van der Waals surface area contributed by atoms with E-state index in [1.54, 1.807) is 32.4 Å². The van der Waals surface area contributed by atoms with Gasteiger partial charge in [0, 0.05) is 26.2 Å². The number of carbonyl (C=O) groups is 1. The first kappa shape index (κ1) is 23.3. The molecule has 2 aliphatic heterocycles. The molecule has 1 atom stereocenters. The topological polar surface area (TPSA) is 57.3 Å². The molecule has 0 spiro atoms. The van der Waals surface area contributed by atoms with Crippen molar-refractivity contribution in [3.05, 3.63) is 63.9 Å². The van der Waals surface area contributed by atoms with Crippen molar-refractivity contribution in [1.29, 1.82) is 0 Å². The van der Waals surface area contributed by atoms with Gasteiger partial charge in [-0.05, 0) is 49.2 Å². The lowest BCUT2D eigenvalue weighted by molar-refractivity contribution is 0.0939. The van der Waals surface area contributed by atoms with Crippen LogP contribution in [0.1, 0.15) is 22.3 Å². The molecule has 7 nitrogen and oxygen atoms in total. The maximum atomic E-state index is 13.2. The molecular weight excluding hydrogens is 440 g/mol. The molecule has 0 bridgehead atoms. The van der Waals surface area contributed by atoms with Crippen molar-refractivity contribution < 1.29 is 14.3 Å². The third kappa shape index (κ3) is 4.61. The Morgan fingerprint density at radius 1 is 1.12 bits per heavy atom. The van der Waals surface area contributed by atoms with Gasteiger partial charge >= 0.3 is 0 Å². The number of nitrogens with zero attached hydrogens (tertiary/aromatic N) is 3. The zero-order valence-corrected chi connectivity index (χ0v) is 20.6. The monoisotopic (exact) mass is 470 g/mol. The van der Waals surface area contributed by atoms with E-state index in [0.717, 1.165) is 35.8 Å². The largest absolute Gasteiger partial charge is 0.493 e. The fourth-order valence-corrected chi connectivity index (χ4v) is 4.82. The highest BCUT2D eigenvalue weighted by Crippen LogP contribution is 2.35. The maximum absolute atomic E-state index is 13.2. The minimum absolute atomic E-state index is 0.0491. The molecule has 2 aromatic rings. The van der Waals surface area contributed by atoms with Crippen molar-refractivity contribution in [3.8, 4) is 11.5 Å². The molecule has 33 heavy (non-hydrogen) atoms. The van der Waals surface area contributed by atoms with Gasteiger partial charge in [0.2, 0.25) is 0 Å². The first-order valence-corrected chi connectivity index (χ1v) is 11.4. The van der Waals surface area contributed by atoms with Crippen LogP contribution < -0.4 is 14.8 Å². The van der Waals surface area contributed by atoms with Gasteiger partial charge in [0.1, 0.15) is 0 Å². The van der Waals surface area contributed by atoms with Gasteiger partial charge in [0.15, 0.2) is 17.3 Å². The van der Waals surface area contributed by atoms with Crippen LogP contribution in [0.15, 0.2) is 47.8 Å². The number of hydrogen-bond donors (Lipinski definition) is 1. The molecule has 0 saturated carbocycles. The van der Waals surface area contributed by atoms with Crippen LogP contribution in [-0.4, -0.2) is 74.7 Å². The average Bonchev–Trinajstić information content (AvgIpc) is 3.11. The van der Waals surface area contributed by atoms with Crippen molar-refractivity contribution in [1.82, 2.24) is 14.9 Å². The summed E-state index contributed by atoms with van der Waals surface area (Å²) in [6.07, 6.45) is 0.862. The summed E-state index contributed by atoms with van der Waals surface area (Å²) in [7, 11) is 7.28. The Balaban J connectivity index is 1.57. The van der Waals surface area contributed by atoms with Crippen molar-refractivity contribution in [2.75, 3.05) is 53.3 Å². The van der Waals surface area contributed by atoms with Crippen LogP contribution in [-0.2, 0) is 0 Å². The summed E-state index contributed by atoms with van der Waals surface area (Å²) in [4.78, 5) is 15.4. The molecule has 2 aromatic carbocycles. The maximum Gasteiger partial charge on any atom is 0.182 e. The van der Waals surface area contributed by atoms with E-state index in [-0.39, 0.29) is 11.8 Å². The van der Waals surface area contributed by atoms with E-state index in [1.807, 2.05) is 19.1 Å². The predicted octanol–water partition coefficient (Wildman–Crippen LogP) is 4.04. The molecule has 2 aliphatic rings. The number of aryl methyl sites for hydroxylation is 1. The second kappa shape index (κ2) is 9.53. The third-order valence-corrected chi connectivity index (χ3v) is 6.74. The summed E-state index contributed by atoms with van der Waals surface area (Å²) in [5.74, 6) is 1.22. The molecule has 8 heteroatoms. The molecule has 0 radical (unpaired) electrons. The minimum atomic E-state index is 0.0491. The Morgan fingerprint density at radius 3 is 2.58 bits per heavy atom. The lowest BCUT2D eigenvalue weighted by atomic mass is 10.0. The average molecular weight is 471 g/mol. The molecule has 1 unspecified atom stereocenters. The highest BCUT2D eigenvalue weighted by molar-refractivity contribution is 6.33. The number of benzene rings is 2. The zero-order chi connectivity index (χ0) is 23.7. The molecule has 2 heterocycles. The molecule has 0 amide bonds. The minimum Gasteiger partial charge on any atom is -0.493 e. The number of ketones is 1. The third-order valence-electron chi connectivity index (χ3n) is 6.43. The fourth-order valence-electron chi connectivity index (χ4n) is 4.53. The molecule has 0 saturated heterocycles. The highest BCUT2D eigenvalue weighted by atomic mass is 35.5. The Kier molecular flexibility index (Phi) is 6.72. The number of anilines is 1. The number of rotatable bonds is 7. The smallest absolute Gasteiger partial charge is 0.182 e. The number of carbonyl (C=O) groups excluding carboxylic acids is 1. The number of hydrazine groups is 1. The van der Waals surface area contributed by atoms with Crippen LogP contribution >= 0.6 is 11.6 Å². The van der Waals surface area contributed by atoms with Gasteiger partial charge in [-0.15, -0.1) is 0 Å². The molecule has 0 aromatic heterocycles. The van der Waals surface area contributed by atoms with Crippen LogP contribution in [0.25, 0.3) is 0 Å². The zero-order valence-electron chi connectivity index (χ0n) is 19.8. The van der Waals surface area contributed by atoms with Gasteiger partial charge in [-0.25, -0.2) is 5.01 Å². The Morgan fingerprint density at radius 2 is 1.88 bits per heavy atom. The lowest BCUT2D eigenvalue weighted by Crippen LogP contribution is -2.42. The standard InChI is InChI=1S/C25H31ClN4O3/c1-16-6-8-19(18(26)12-16)27-20-10-11-30(21-14-28(2)29(3)25(20)21)15-22(31)17-7-9-23(32-4)24(13-17)33-5/h6-9,12-13,20,27H,10-11,14-15H2,1-5H3. The Bertz CT molecular complexity index is 1090. The van der Waals surface area contributed by atoms with Crippen molar-refractivity contribution in [2.24, 2.45) is 0 Å². The molecule has 176 valence electrons. The fraction of sp³-hybridized carbons (Fsp3) is 0.400. The number of methoxy groups -OCH3 is 2. The summed E-state index contributed by atoms with van der Waals surface area (Å²) in [5, 5.41) is 8.68. The number of ether oxygens (including phenoxy) is 2. The summed E-state index contributed by atoms with van der Waals surface area (Å²) in [5.41, 5.74) is 5.02. The van der Waals surface area contributed by atoms with E-state index in [9.17, 15) is 4.79 Å². The second-order valence-electron chi connectivity index (χ2n) is 8.55. The molecular formula is C25H31ClN4O3. The van der Waals surface area contributed by atoms with E-state index in [0.29, 0.717) is 23.6 Å².